The van der Waals surface area contributed by atoms with Gasteiger partial charge in [0.1, 0.15) is 11.1 Å². The zero-order valence-electron chi connectivity index (χ0n) is 18.0. The third-order valence-corrected chi connectivity index (χ3v) is 7.30. The molecule has 0 bridgehead atoms. The Labute approximate surface area is 195 Å². The standard InChI is InChI=1S/C27H22N2O3S/c28-15-22-21-12-2-1-3-13-23(21)33-26(22)29-24(30)16-32-27(31)25-19-10-6-4-8-17(19)14-18-9-5-7-11-20(18)25/h4-11,14H,1-3,12-13,16H2,(H,29,30). The first kappa shape index (κ1) is 21.2. The molecule has 1 amide bonds. The van der Waals surface area contributed by atoms with Crippen LogP contribution in [0, 0.1) is 11.3 Å². The minimum Gasteiger partial charge on any atom is -0.452 e. The molecular formula is C27H22N2O3S. The van der Waals surface area contributed by atoms with Gasteiger partial charge in [-0.15, -0.1) is 11.3 Å². The highest BCUT2D eigenvalue weighted by Gasteiger charge is 2.22. The van der Waals surface area contributed by atoms with Crippen LogP contribution in [0.15, 0.2) is 54.6 Å². The zero-order chi connectivity index (χ0) is 22.8. The summed E-state index contributed by atoms with van der Waals surface area (Å²) in [6.07, 6.45) is 5.12. The molecule has 5 nitrogen and oxygen atoms in total. The lowest BCUT2D eigenvalue weighted by Gasteiger charge is -2.11. The molecule has 0 radical (unpaired) electrons. The number of aryl methyl sites for hydroxylation is 1. The fourth-order valence-corrected chi connectivity index (χ4v) is 5.80. The van der Waals surface area contributed by atoms with E-state index in [1.54, 1.807) is 0 Å². The number of carbonyl (C=O) groups excluding carboxylic acids is 2. The summed E-state index contributed by atoms with van der Waals surface area (Å²) in [6.45, 7) is -0.413. The van der Waals surface area contributed by atoms with Crippen LogP contribution in [0.4, 0.5) is 5.00 Å². The number of anilines is 1. The summed E-state index contributed by atoms with van der Waals surface area (Å²) in [4.78, 5) is 26.9. The van der Waals surface area contributed by atoms with Gasteiger partial charge in [0.25, 0.3) is 5.91 Å². The Morgan fingerprint density at radius 1 is 0.970 bits per heavy atom. The number of nitriles is 1. The van der Waals surface area contributed by atoms with E-state index in [1.807, 2.05) is 54.6 Å². The Bertz CT molecular complexity index is 1380. The van der Waals surface area contributed by atoms with Gasteiger partial charge in [0.05, 0.1) is 11.1 Å². The van der Waals surface area contributed by atoms with Crippen LogP contribution in [-0.4, -0.2) is 18.5 Å². The Morgan fingerprint density at radius 3 is 2.33 bits per heavy atom. The number of hydrogen-bond acceptors (Lipinski definition) is 5. The Balaban J connectivity index is 1.37. The molecule has 1 aromatic heterocycles. The summed E-state index contributed by atoms with van der Waals surface area (Å²) in [6, 6.07) is 19.6. The molecule has 0 saturated heterocycles. The Morgan fingerprint density at radius 2 is 1.64 bits per heavy atom. The van der Waals surface area contributed by atoms with E-state index in [0.717, 1.165) is 59.2 Å². The second-order valence-electron chi connectivity index (χ2n) is 8.20. The number of ether oxygens (including phenoxy) is 1. The lowest BCUT2D eigenvalue weighted by atomic mass is 9.97. The van der Waals surface area contributed by atoms with E-state index < -0.39 is 18.5 Å². The van der Waals surface area contributed by atoms with Gasteiger partial charge < -0.3 is 10.1 Å². The molecule has 33 heavy (non-hydrogen) atoms. The first-order valence-corrected chi connectivity index (χ1v) is 11.9. The second-order valence-corrected chi connectivity index (χ2v) is 9.30. The number of thiophene rings is 1. The van der Waals surface area contributed by atoms with Gasteiger partial charge in [0.15, 0.2) is 6.61 Å². The number of amides is 1. The molecule has 1 heterocycles. The molecule has 0 saturated carbocycles. The van der Waals surface area contributed by atoms with Gasteiger partial charge in [-0.3, -0.25) is 4.79 Å². The van der Waals surface area contributed by atoms with Crippen molar-refractivity contribution in [3.8, 4) is 6.07 Å². The normalized spacial score (nSPS) is 13.2. The quantitative estimate of drug-likeness (QED) is 0.233. The van der Waals surface area contributed by atoms with Crippen molar-refractivity contribution < 1.29 is 14.3 Å². The van der Waals surface area contributed by atoms with Crippen molar-refractivity contribution in [3.05, 3.63) is 76.2 Å². The predicted octanol–water partition coefficient (Wildman–Crippen LogP) is 5.99. The third-order valence-electron chi connectivity index (χ3n) is 6.10. The van der Waals surface area contributed by atoms with Gasteiger partial charge >= 0.3 is 5.97 Å². The molecule has 1 N–H and O–H groups in total. The average molecular weight is 455 g/mol. The molecule has 4 aromatic rings. The van der Waals surface area contributed by atoms with E-state index in [1.165, 1.54) is 16.2 Å². The SMILES string of the molecule is N#Cc1c(NC(=O)COC(=O)c2c3ccccc3cc3ccccc23)sc2c1CCCCC2. The van der Waals surface area contributed by atoms with Gasteiger partial charge in [0.2, 0.25) is 0 Å². The maximum Gasteiger partial charge on any atom is 0.339 e. The molecule has 1 aliphatic rings. The van der Waals surface area contributed by atoms with Gasteiger partial charge in [-0.2, -0.15) is 5.26 Å². The highest BCUT2D eigenvalue weighted by Crippen LogP contribution is 2.37. The molecule has 0 aliphatic heterocycles. The Hall–Kier alpha value is -3.69. The highest BCUT2D eigenvalue weighted by molar-refractivity contribution is 7.16. The molecule has 1 aliphatic carbocycles. The van der Waals surface area contributed by atoms with E-state index in [0.29, 0.717) is 16.1 Å². The van der Waals surface area contributed by atoms with Crippen LogP contribution in [0.3, 0.4) is 0 Å². The monoisotopic (exact) mass is 454 g/mol. The first-order valence-electron chi connectivity index (χ1n) is 11.1. The van der Waals surface area contributed by atoms with Crippen molar-refractivity contribution in [3.63, 3.8) is 0 Å². The lowest BCUT2D eigenvalue weighted by Crippen LogP contribution is -2.21. The zero-order valence-corrected chi connectivity index (χ0v) is 18.8. The number of esters is 1. The first-order chi connectivity index (χ1) is 16.2. The molecule has 6 heteroatoms. The van der Waals surface area contributed by atoms with Crippen LogP contribution >= 0.6 is 11.3 Å². The van der Waals surface area contributed by atoms with Crippen molar-refractivity contribution in [2.24, 2.45) is 0 Å². The van der Waals surface area contributed by atoms with Crippen LogP contribution in [0.5, 0.6) is 0 Å². The molecule has 5 rings (SSSR count). The number of benzene rings is 3. The van der Waals surface area contributed by atoms with Gasteiger partial charge in [-0.1, -0.05) is 55.0 Å². The van der Waals surface area contributed by atoms with Crippen LogP contribution in [0.1, 0.15) is 45.6 Å². The molecule has 0 unspecified atom stereocenters. The average Bonchev–Trinajstić information content (AvgIpc) is 2.99. The highest BCUT2D eigenvalue weighted by atomic mass is 32.1. The van der Waals surface area contributed by atoms with Gasteiger partial charge in [-0.25, -0.2) is 4.79 Å². The summed E-state index contributed by atoms with van der Waals surface area (Å²) < 4.78 is 5.44. The summed E-state index contributed by atoms with van der Waals surface area (Å²) in [5, 5.41) is 16.5. The minimum absolute atomic E-state index is 0.413. The van der Waals surface area contributed by atoms with E-state index in [-0.39, 0.29) is 0 Å². The van der Waals surface area contributed by atoms with Crippen LogP contribution in [0.25, 0.3) is 21.5 Å². The van der Waals surface area contributed by atoms with Crippen LogP contribution in [-0.2, 0) is 22.4 Å². The summed E-state index contributed by atoms with van der Waals surface area (Å²) in [5.41, 5.74) is 2.07. The van der Waals surface area contributed by atoms with E-state index in [4.69, 9.17) is 4.74 Å². The van der Waals surface area contributed by atoms with E-state index in [9.17, 15) is 14.9 Å². The molecule has 3 aromatic carbocycles. The largest absolute Gasteiger partial charge is 0.452 e. The second kappa shape index (κ2) is 9.05. The van der Waals surface area contributed by atoms with E-state index >= 15 is 0 Å². The lowest BCUT2D eigenvalue weighted by molar-refractivity contribution is -0.119. The summed E-state index contributed by atoms with van der Waals surface area (Å²) in [5.74, 6) is -0.985. The number of nitrogens with zero attached hydrogens (tertiary/aromatic N) is 1. The fourth-order valence-electron chi connectivity index (χ4n) is 4.55. The van der Waals surface area contributed by atoms with E-state index in [2.05, 4.69) is 11.4 Å². The van der Waals surface area contributed by atoms with Crippen molar-refractivity contribution in [2.45, 2.75) is 32.1 Å². The fraction of sp³-hybridized carbons (Fsp3) is 0.222. The van der Waals surface area contributed by atoms with Crippen molar-refractivity contribution in [1.82, 2.24) is 0 Å². The molecule has 164 valence electrons. The number of fused-ring (bicyclic) bond motifs is 3. The smallest absolute Gasteiger partial charge is 0.339 e. The number of rotatable bonds is 4. The van der Waals surface area contributed by atoms with Crippen molar-refractivity contribution in [2.75, 3.05) is 11.9 Å². The third kappa shape index (κ3) is 4.08. The van der Waals surface area contributed by atoms with Crippen LogP contribution in [0.2, 0.25) is 0 Å². The summed E-state index contributed by atoms with van der Waals surface area (Å²) in [7, 11) is 0. The van der Waals surface area contributed by atoms with Crippen molar-refractivity contribution >= 4 is 49.8 Å². The van der Waals surface area contributed by atoms with Crippen molar-refractivity contribution in [1.29, 1.82) is 5.26 Å². The predicted molar refractivity (Wildman–Crippen MR) is 131 cm³/mol. The number of hydrogen-bond donors (Lipinski definition) is 1. The molecule has 0 fully saturated rings. The molecular weight excluding hydrogens is 432 g/mol. The Kier molecular flexibility index (Phi) is 5.80. The topological polar surface area (TPSA) is 79.2 Å². The maximum atomic E-state index is 13.1. The maximum absolute atomic E-state index is 13.1. The molecule has 0 atom stereocenters. The summed E-state index contributed by atoms with van der Waals surface area (Å²) >= 11 is 1.47. The molecule has 0 spiro atoms. The van der Waals surface area contributed by atoms with Crippen LogP contribution < -0.4 is 5.32 Å². The minimum atomic E-state index is -0.541. The van der Waals surface area contributed by atoms with Gasteiger partial charge in [0, 0.05) is 4.88 Å². The van der Waals surface area contributed by atoms with Gasteiger partial charge in [-0.05, 0) is 58.9 Å². The number of carbonyl (C=O) groups is 2. The number of nitrogens with one attached hydrogen (secondary N) is 1.